The summed E-state index contributed by atoms with van der Waals surface area (Å²) in [7, 11) is -3.50. The van der Waals surface area contributed by atoms with E-state index < -0.39 is 26.8 Å². The number of aromatic nitrogens is 1. The van der Waals surface area contributed by atoms with Gasteiger partial charge in [-0.2, -0.15) is 0 Å². The van der Waals surface area contributed by atoms with E-state index >= 15 is 0 Å². The van der Waals surface area contributed by atoms with E-state index in [9.17, 15) is 19.0 Å². The molecule has 2 aromatic carbocycles. The zero-order valence-electron chi connectivity index (χ0n) is 18.2. The van der Waals surface area contributed by atoms with E-state index in [1.807, 2.05) is 18.2 Å². The quantitative estimate of drug-likeness (QED) is 0.348. The molecular formula is C23H28AsN3O4S. The van der Waals surface area contributed by atoms with Crippen molar-refractivity contribution in [3.63, 3.8) is 0 Å². The number of para-hydroxylation sites is 2. The molecule has 2 heterocycles. The molecule has 0 aliphatic carbocycles. The summed E-state index contributed by atoms with van der Waals surface area (Å²) in [5, 5.41) is 15.6. The standard InChI is InChI=1S/C23H28AsN3O4S/c1-4-15(14(2)3)13-24-27-18-11-7-5-9-16(18)21(28)20(23(27)29)22-25-17-10-6-8-12-19(17)32(30,31)26-22/h5-12,14-15,24,28,30-31H,4,13H2,1-3H3,(H,25,26)/t15-/m0/s1. The predicted molar refractivity (Wildman–Crippen MR) is 134 cm³/mol. The number of anilines is 1. The van der Waals surface area contributed by atoms with Crippen molar-refractivity contribution in [2.75, 3.05) is 5.32 Å². The molecule has 0 fully saturated rings. The number of aromatic hydroxyl groups is 1. The van der Waals surface area contributed by atoms with Gasteiger partial charge in [-0.3, -0.25) is 0 Å². The molecule has 0 amide bonds. The van der Waals surface area contributed by atoms with Gasteiger partial charge in [0, 0.05) is 0 Å². The Bertz CT molecular complexity index is 1260. The Kier molecular flexibility index (Phi) is 6.41. The van der Waals surface area contributed by atoms with Gasteiger partial charge >= 0.3 is 196 Å². The number of nitrogens with one attached hydrogen (secondary N) is 1. The average Bonchev–Trinajstić information content (AvgIpc) is 2.75. The summed E-state index contributed by atoms with van der Waals surface area (Å²) in [6.07, 6.45) is 1.05. The van der Waals surface area contributed by atoms with Gasteiger partial charge in [-0.15, -0.1) is 0 Å². The fraction of sp³-hybridized carbons (Fsp3) is 0.304. The van der Waals surface area contributed by atoms with Crippen LogP contribution in [0.1, 0.15) is 32.8 Å². The average molecular weight is 517 g/mol. The minimum absolute atomic E-state index is 0.0202. The summed E-state index contributed by atoms with van der Waals surface area (Å²) in [6, 6.07) is 14.0. The Labute approximate surface area is 195 Å². The number of hydrogen-bond donors (Lipinski definition) is 4. The van der Waals surface area contributed by atoms with E-state index in [2.05, 4.69) is 30.5 Å². The van der Waals surface area contributed by atoms with Crippen molar-refractivity contribution in [3.05, 3.63) is 64.4 Å². The summed E-state index contributed by atoms with van der Waals surface area (Å²) in [5.74, 6) is 0.816. The van der Waals surface area contributed by atoms with Gasteiger partial charge in [0.25, 0.3) is 0 Å². The number of rotatable bonds is 6. The first kappa shape index (κ1) is 22.9. The Morgan fingerprint density at radius 3 is 2.53 bits per heavy atom. The second-order valence-corrected chi connectivity index (χ2v) is 12.4. The summed E-state index contributed by atoms with van der Waals surface area (Å²) < 4.78 is 27.1. The summed E-state index contributed by atoms with van der Waals surface area (Å²) >= 11 is -0.879. The molecule has 2 atom stereocenters. The Balaban J connectivity index is 1.88. The van der Waals surface area contributed by atoms with Crippen LogP contribution in [0.25, 0.3) is 10.9 Å². The molecule has 1 aliphatic rings. The van der Waals surface area contributed by atoms with Gasteiger partial charge in [0.15, 0.2) is 0 Å². The molecule has 0 spiro atoms. The number of fused-ring (bicyclic) bond motifs is 2. The zero-order valence-corrected chi connectivity index (χ0v) is 21.2. The molecule has 1 aromatic heterocycles. The molecule has 170 valence electrons. The van der Waals surface area contributed by atoms with Crippen molar-refractivity contribution < 1.29 is 14.2 Å². The monoisotopic (exact) mass is 517 g/mol. The van der Waals surface area contributed by atoms with Crippen LogP contribution in [0.2, 0.25) is 5.21 Å². The molecule has 1 aliphatic heterocycles. The number of benzene rings is 2. The molecule has 32 heavy (non-hydrogen) atoms. The Morgan fingerprint density at radius 2 is 1.81 bits per heavy atom. The van der Waals surface area contributed by atoms with Crippen molar-refractivity contribution in [3.8, 4) is 5.75 Å². The third kappa shape index (κ3) is 4.08. The Morgan fingerprint density at radius 1 is 1.12 bits per heavy atom. The summed E-state index contributed by atoms with van der Waals surface area (Å²) in [5.41, 5.74) is 0.763. The van der Waals surface area contributed by atoms with Gasteiger partial charge in [0.1, 0.15) is 0 Å². The molecule has 1 unspecified atom stereocenters. The second-order valence-electron chi connectivity index (χ2n) is 8.24. The van der Waals surface area contributed by atoms with Crippen LogP contribution in [0.15, 0.2) is 62.6 Å². The number of amidine groups is 1. The molecule has 7 nitrogen and oxygen atoms in total. The number of hydrogen-bond acceptors (Lipinski definition) is 6. The van der Waals surface area contributed by atoms with E-state index in [1.54, 1.807) is 33.8 Å². The zero-order chi connectivity index (χ0) is 23.0. The van der Waals surface area contributed by atoms with Gasteiger partial charge < -0.3 is 0 Å². The SMILES string of the molecule is CC[C@@H](C[AsH]n1c(=O)c(C2=NS(O)(O)c3ccccc3N2)c(O)c2ccccc21)C(C)C. The van der Waals surface area contributed by atoms with Gasteiger partial charge in [0.05, 0.1) is 0 Å². The van der Waals surface area contributed by atoms with Crippen LogP contribution in [0, 0.1) is 11.8 Å². The number of pyridine rings is 1. The van der Waals surface area contributed by atoms with Crippen LogP contribution in [-0.4, -0.2) is 39.5 Å². The van der Waals surface area contributed by atoms with E-state index in [0.717, 1.165) is 11.6 Å². The summed E-state index contributed by atoms with van der Waals surface area (Å²) in [6.45, 7) is 6.57. The molecule has 0 saturated carbocycles. The first-order chi connectivity index (χ1) is 15.2. The van der Waals surface area contributed by atoms with Crippen molar-refractivity contribution >= 4 is 49.2 Å². The third-order valence-electron chi connectivity index (χ3n) is 5.92. The first-order valence-electron chi connectivity index (χ1n) is 10.6. The second kappa shape index (κ2) is 8.94. The van der Waals surface area contributed by atoms with Crippen molar-refractivity contribution in [2.45, 2.75) is 37.3 Å². The van der Waals surface area contributed by atoms with Crippen LogP contribution in [0.4, 0.5) is 5.69 Å². The fourth-order valence-electron chi connectivity index (χ4n) is 4.00. The van der Waals surface area contributed by atoms with Crippen LogP contribution < -0.4 is 10.9 Å². The van der Waals surface area contributed by atoms with Gasteiger partial charge in [0.2, 0.25) is 0 Å². The molecule has 4 rings (SSSR count). The normalized spacial score (nSPS) is 17.2. The van der Waals surface area contributed by atoms with E-state index in [-0.39, 0.29) is 27.6 Å². The molecular weight excluding hydrogens is 489 g/mol. The molecule has 3 aromatic rings. The molecule has 0 radical (unpaired) electrons. The van der Waals surface area contributed by atoms with Crippen molar-refractivity contribution in [1.82, 2.24) is 3.48 Å². The maximum absolute atomic E-state index is 13.7. The molecule has 9 heteroatoms. The van der Waals surface area contributed by atoms with E-state index in [1.165, 1.54) is 0 Å². The van der Waals surface area contributed by atoms with Crippen molar-refractivity contribution in [2.24, 2.45) is 16.2 Å². The van der Waals surface area contributed by atoms with Crippen LogP contribution in [0.3, 0.4) is 0 Å². The van der Waals surface area contributed by atoms with Gasteiger partial charge in [-0.1, -0.05) is 0 Å². The predicted octanol–water partition coefficient (Wildman–Crippen LogP) is 4.90. The topological polar surface area (TPSA) is 107 Å². The Hall–Kier alpha value is -2.25. The summed E-state index contributed by atoms with van der Waals surface area (Å²) in [4.78, 5) is 13.9. The van der Waals surface area contributed by atoms with Gasteiger partial charge in [-0.25, -0.2) is 0 Å². The molecule has 4 N–H and O–H groups in total. The molecule has 0 bridgehead atoms. The maximum atomic E-state index is 13.7. The molecule has 0 saturated heterocycles. The fourth-order valence-corrected chi connectivity index (χ4v) is 8.94. The minimum atomic E-state index is -3.50. The van der Waals surface area contributed by atoms with E-state index in [4.69, 9.17) is 0 Å². The van der Waals surface area contributed by atoms with E-state index in [0.29, 0.717) is 28.4 Å². The van der Waals surface area contributed by atoms with Crippen molar-refractivity contribution in [1.29, 1.82) is 0 Å². The first-order valence-corrected chi connectivity index (χ1v) is 14.5. The number of nitrogens with zero attached hydrogens (tertiary/aromatic N) is 2. The van der Waals surface area contributed by atoms with Crippen LogP contribution >= 0.6 is 10.8 Å². The van der Waals surface area contributed by atoms with Crippen LogP contribution in [0.5, 0.6) is 5.75 Å². The van der Waals surface area contributed by atoms with Gasteiger partial charge in [-0.05, 0) is 0 Å². The third-order valence-corrected chi connectivity index (χ3v) is 10.4. The van der Waals surface area contributed by atoms with Crippen LogP contribution in [-0.2, 0) is 0 Å².